The summed E-state index contributed by atoms with van der Waals surface area (Å²) >= 11 is 12.0. The molecule has 0 radical (unpaired) electrons. The number of hydrogen-bond donors (Lipinski definition) is 1. The summed E-state index contributed by atoms with van der Waals surface area (Å²) in [4.78, 5) is 26.3. The Hall–Kier alpha value is -2.50. The molecule has 0 spiro atoms. The smallest absolute Gasteiger partial charge is 0.301 e. The van der Waals surface area contributed by atoms with E-state index in [4.69, 9.17) is 27.9 Å². The van der Waals surface area contributed by atoms with Crippen LogP contribution >= 0.6 is 23.2 Å². The van der Waals surface area contributed by atoms with E-state index in [0.29, 0.717) is 10.8 Å². The van der Waals surface area contributed by atoms with E-state index in [-0.39, 0.29) is 21.8 Å². The van der Waals surface area contributed by atoms with Crippen LogP contribution in [0.2, 0.25) is 10.0 Å². The van der Waals surface area contributed by atoms with Gasteiger partial charge in [0.15, 0.2) is 5.76 Å². The fraction of sp³-hybridized carbons (Fsp3) is 0.111. The highest BCUT2D eigenvalue weighted by molar-refractivity contribution is 6.47. The van der Waals surface area contributed by atoms with Gasteiger partial charge in [0.2, 0.25) is 0 Å². The number of aryl methyl sites for hydroxylation is 1. The predicted octanol–water partition coefficient (Wildman–Crippen LogP) is 4.15. The quantitative estimate of drug-likeness (QED) is 0.815. The van der Waals surface area contributed by atoms with Crippen LogP contribution in [0.1, 0.15) is 11.1 Å². The fourth-order valence-electron chi connectivity index (χ4n) is 2.65. The molecule has 0 saturated carbocycles. The van der Waals surface area contributed by atoms with Crippen LogP contribution < -0.4 is 9.64 Å². The molecule has 0 bridgehead atoms. The molecule has 2 aromatic carbocycles. The van der Waals surface area contributed by atoms with E-state index in [1.807, 2.05) is 6.92 Å². The Balaban J connectivity index is 2.13. The average molecular weight is 378 g/mol. The van der Waals surface area contributed by atoms with Crippen molar-refractivity contribution in [1.29, 1.82) is 0 Å². The van der Waals surface area contributed by atoms with Gasteiger partial charge in [-0.3, -0.25) is 9.59 Å². The molecule has 128 valence electrons. The normalized spacial score (nSPS) is 14.5. The van der Waals surface area contributed by atoms with Crippen LogP contribution in [-0.4, -0.2) is 24.0 Å². The number of nitrogens with zero attached hydrogens (tertiary/aromatic N) is 1. The second kappa shape index (κ2) is 6.43. The zero-order valence-electron chi connectivity index (χ0n) is 13.3. The van der Waals surface area contributed by atoms with Gasteiger partial charge in [0.05, 0.1) is 23.4 Å². The zero-order chi connectivity index (χ0) is 18.3. The van der Waals surface area contributed by atoms with Crippen LogP contribution in [0.5, 0.6) is 5.75 Å². The molecule has 0 aromatic heterocycles. The fourth-order valence-corrected chi connectivity index (χ4v) is 3.15. The Labute approximate surface area is 154 Å². The largest absolute Gasteiger partial charge is 0.502 e. The third kappa shape index (κ3) is 2.86. The van der Waals surface area contributed by atoms with Gasteiger partial charge >= 0.3 is 5.91 Å². The molecule has 0 aliphatic carbocycles. The first-order valence-corrected chi connectivity index (χ1v) is 8.03. The molecule has 2 amide bonds. The second-order valence-corrected chi connectivity index (χ2v) is 6.31. The summed E-state index contributed by atoms with van der Waals surface area (Å²) in [6.07, 6.45) is 0. The van der Waals surface area contributed by atoms with Gasteiger partial charge in [-0.25, -0.2) is 4.90 Å². The highest BCUT2D eigenvalue weighted by Crippen LogP contribution is 2.39. The molecule has 3 rings (SSSR count). The Morgan fingerprint density at radius 3 is 2.40 bits per heavy atom. The number of carbonyl (C=O) groups is 2. The van der Waals surface area contributed by atoms with E-state index in [0.717, 1.165) is 10.5 Å². The zero-order valence-corrected chi connectivity index (χ0v) is 14.9. The van der Waals surface area contributed by atoms with Crippen LogP contribution in [0.4, 0.5) is 5.69 Å². The van der Waals surface area contributed by atoms with Crippen molar-refractivity contribution >= 4 is 46.3 Å². The van der Waals surface area contributed by atoms with Crippen LogP contribution in [0, 0.1) is 6.92 Å². The van der Waals surface area contributed by atoms with E-state index in [1.165, 1.54) is 25.3 Å². The van der Waals surface area contributed by atoms with Crippen molar-refractivity contribution in [3.8, 4) is 5.75 Å². The second-order valence-electron chi connectivity index (χ2n) is 5.47. The minimum absolute atomic E-state index is 0.160. The molecular formula is C18H13Cl2NO4. The van der Waals surface area contributed by atoms with Gasteiger partial charge in [-0.15, -0.1) is 0 Å². The van der Waals surface area contributed by atoms with Crippen molar-refractivity contribution in [2.24, 2.45) is 0 Å². The molecule has 7 heteroatoms. The number of anilines is 1. The maximum absolute atomic E-state index is 12.9. The Morgan fingerprint density at radius 1 is 1.04 bits per heavy atom. The van der Waals surface area contributed by atoms with Gasteiger partial charge in [-0.2, -0.15) is 0 Å². The minimum atomic E-state index is -0.838. The molecular weight excluding hydrogens is 365 g/mol. The summed E-state index contributed by atoms with van der Waals surface area (Å²) in [6, 6.07) is 9.52. The third-order valence-corrected chi connectivity index (χ3v) is 4.38. The molecule has 0 atom stereocenters. The summed E-state index contributed by atoms with van der Waals surface area (Å²) in [7, 11) is 1.43. The standard InChI is InChI=1S/C18H13Cl2NO4/c1-9-3-6-14(25-2)13(7-9)21-17(23)15(16(22)18(21)24)11-5-4-10(19)8-12(11)20/h3-8,22H,1-2H3. The molecule has 1 aliphatic heterocycles. The van der Waals surface area contributed by atoms with Crippen LogP contribution in [0.25, 0.3) is 5.57 Å². The number of aliphatic hydroxyl groups excluding tert-OH is 1. The monoisotopic (exact) mass is 377 g/mol. The van der Waals surface area contributed by atoms with Gasteiger partial charge in [0.25, 0.3) is 5.91 Å². The maximum Gasteiger partial charge on any atom is 0.301 e. The van der Waals surface area contributed by atoms with Crippen LogP contribution in [-0.2, 0) is 9.59 Å². The first-order valence-electron chi connectivity index (χ1n) is 7.27. The summed E-state index contributed by atoms with van der Waals surface area (Å²) < 4.78 is 5.24. The first-order chi connectivity index (χ1) is 11.8. The SMILES string of the molecule is COc1ccc(C)cc1N1C(=O)C(O)=C(c2ccc(Cl)cc2Cl)C1=O. The number of imide groups is 1. The molecule has 0 fully saturated rings. The molecule has 0 unspecified atom stereocenters. The van der Waals surface area contributed by atoms with Crippen molar-refractivity contribution in [2.45, 2.75) is 6.92 Å². The number of methoxy groups -OCH3 is 1. The van der Waals surface area contributed by atoms with Gasteiger partial charge in [0.1, 0.15) is 5.75 Å². The van der Waals surface area contributed by atoms with E-state index < -0.39 is 17.6 Å². The molecule has 5 nitrogen and oxygen atoms in total. The van der Waals surface area contributed by atoms with Crippen LogP contribution in [0.3, 0.4) is 0 Å². The Kier molecular flexibility index (Phi) is 4.45. The Morgan fingerprint density at radius 2 is 1.76 bits per heavy atom. The van der Waals surface area contributed by atoms with Crippen LogP contribution in [0.15, 0.2) is 42.2 Å². The summed E-state index contributed by atoms with van der Waals surface area (Å²) in [6.45, 7) is 1.82. The van der Waals surface area contributed by atoms with E-state index >= 15 is 0 Å². The molecule has 0 saturated heterocycles. The van der Waals surface area contributed by atoms with Gasteiger partial charge < -0.3 is 9.84 Å². The third-order valence-electron chi connectivity index (χ3n) is 3.84. The summed E-state index contributed by atoms with van der Waals surface area (Å²) in [5, 5.41) is 10.8. The number of carbonyl (C=O) groups excluding carboxylic acids is 2. The van der Waals surface area contributed by atoms with Crippen molar-refractivity contribution in [1.82, 2.24) is 0 Å². The number of benzene rings is 2. The van der Waals surface area contributed by atoms with Crippen molar-refractivity contribution in [3.63, 3.8) is 0 Å². The lowest BCUT2D eigenvalue weighted by Gasteiger charge is -2.18. The van der Waals surface area contributed by atoms with Gasteiger partial charge in [-0.1, -0.05) is 35.3 Å². The maximum atomic E-state index is 12.9. The number of hydrogen-bond acceptors (Lipinski definition) is 4. The van der Waals surface area contributed by atoms with E-state index in [1.54, 1.807) is 18.2 Å². The molecule has 1 aliphatic rings. The molecule has 2 aromatic rings. The Bertz CT molecular complexity index is 937. The highest BCUT2D eigenvalue weighted by Gasteiger charge is 2.42. The number of ether oxygens (including phenoxy) is 1. The lowest BCUT2D eigenvalue weighted by Crippen LogP contribution is -2.32. The van der Waals surface area contributed by atoms with Crippen molar-refractivity contribution in [2.75, 3.05) is 12.0 Å². The molecule has 25 heavy (non-hydrogen) atoms. The number of amides is 2. The highest BCUT2D eigenvalue weighted by atomic mass is 35.5. The van der Waals surface area contributed by atoms with E-state index in [9.17, 15) is 14.7 Å². The first kappa shape index (κ1) is 17.3. The molecule has 1 N–H and O–H groups in total. The van der Waals surface area contributed by atoms with Gasteiger partial charge in [-0.05, 0) is 36.8 Å². The van der Waals surface area contributed by atoms with E-state index in [2.05, 4.69) is 0 Å². The number of aliphatic hydroxyl groups is 1. The van der Waals surface area contributed by atoms with Gasteiger partial charge in [0, 0.05) is 10.6 Å². The summed E-state index contributed by atoms with van der Waals surface area (Å²) in [5.74, 6) is -1.85. The average Bonchev–Trinajstić information content (AvgIpc) is 2.78. The number of halogens is 2. The molecule has 1 heterocycles. The summed E-state index contributed by atoms with van der Waals surface area (Å²) in [5.41, 5.74) is 1.14. The van der Waals surface area contributed by atoms with Crippen molar-refractivity contribution < 1.29 is 19.4 Å². The lowest BCUT2D eigenvalue weighted by molar-refractivity contribution is -0.121. The number of rotatable bonds is 3. The predicted molar refractivity (Wildman–Crippen MR) is 96.2 cm³/mol. The minimum Gasteiger partial charge on any atom is -0.502 e. The van der Waals surface area contributed by atoms with Crippen molar-refractivity contribution in [3.05, 3.63) is 63.3 Å². The topological polar surface area (TPSA) is 66.8 Å². The lowest BCUT2D eigenvalue weighted by atomic mass is 10.1.